The summed E-state index contributed by atoms with van der Waals surface area (Å²) in [5.74, 6) is -1.02. The summed E-state index contributed by atoms with van der Waals surface area (Å²) in [7, 11) is 0. The van der Waals surface area contributed by atoms with E-state index in [2.05, 4.69) is 130 Å². The average molecular weight is 1000 g/mol. The number of hydrogen-bond acceptors (Lipinski definition) is 6. The average Bonchev–Trinajstić information content (AvgIpc) is 3.39. The first-order valence-corrected chi connectivity index (χ1v) is 28.4. The number of ether oxygens (including phenoxy) is 3. The summed E-state index contributed by atoms with van der Waals surface area (Å²) in [6, 6.07) is 0. The molecule has 0 saturated heterocycles. The second-order valence-electron chi connectivity index (χ2n) is 18.0. The minimum atomic E-state index is -0.829. The Hall–Kier alpha value is -5.49. The third kappa shape index (κ3) is 57.3. The first-order chi connectivity index (χ1) is 36.0. The summed E-state index contributed by atoms with van der Waals surface area (Å²) >= 11 is 0. The third-order valence-electron chi connectivity index (χ3n) is 11.1. The van der Waals surface area contributed by atoms with Gasteiger partial charge < -0.3 is 14.2 Å². The van der Waals surface area contributed by atoms with Crippen molar-refractivity contribution in [1.29, 1.82) is 0 Å². The van der Waals surface area contributed by atoms with Crippen molar-refractivity contribution < 1.29 is 28.6 Å². The molecule has 0 spiro atoms. The molecule has 0 aromatic rings. The number of esters is 3. The van der Waals surface area contributed by atoms with Gasteiger partial charge in [0.1, 0.15) is 13.2 Å². The Morgan fingerprint density at radius 3 is 0.973 bits per heavy atom. The van der Waals surface area contributed by atoms with Crippen LogP contribution in [0.3, 0.4) is 0 Å². The Morgan fingerprint density at radius 2 is 0.589 bits per heavy atom. The van der Waals surface area contributed by atoms with Crippen molar-refractivity contribution >= 4 is 17.9 Å². The molecule has 0 fully saturated rings. The lowest BCUT2D eigenvalue weighted by molar-refractivity contribution is -0.167. The van der Waals surface area contributed by atoms with Crippen LogP contribution in [0, 0.1) is 0 Å². The topological polar surface area (TPSA) is 78.9 Å². The summed E-state index contributed by atoms with van der Waals surface area (Å²) in [5.41, 5.74) is 0. The Morgan fingerprint density at radius 1 is 0.301 bits per heavy atom. The highest BCUT2D eigenvalue weighted by molar-refractivity contribution is 5.71. The summed E-state index contributed by atoms with van der Waals surface area (Å²) in [6.45, 7) is 6.25. The van der Waals surface area contributed by atoms with Crippen molar-refractivity contribution in [3.05, 3.63) is 182 Å². The fourth-order valence-electron chi connectivity index (χ4n) is 6.88. The van der Waals surface area contributed by atoms with Gasteiger partial charge in [-0.2, -0.15) is 0 Å². The third-order valence-corrected chi connectivity index (χ3v) is 11.1. The molecule has 0 bridgehead atoms. The van der Waals surface area contributed by atoms with Gasteiger partial charge in [0.2, 0.25) is 0 Å². The second-order valence-corrected chi connectivity index (χ2v) is 18.0. The zero-order valence-corrected chi connectivity index (χ0v) is 46.1. The number of carbonyl (C=O) groups excluding carboxylic acids is 3. The zero-order valence-electron chi connectivity index (χ0n) is 46.1. The van der Waals surface area contributed by atoms with Crippen LogP contribution in [0.5, 0.6) is 0 Å². The Kier molecular flexibility index (Phi) is 54.6. The largest absolute Gasteiger partial charge is 0.462 e. The molecule has 0 aromatic carbocycles. The summed E-state index contributed by atoms with van der Waals surface area (Å²) in [4.78, 5) is 38.2. The molecule has 0 rings (SSSR count). The van der Waals surface area contributed by atoms with Crippen LogP contribution in [-0.4, -0.2) is 37.2 Å². The lowest BCUT2D eigenvalue weighted by Gasteiger charge is -2.18. The van der Waals surface area contributed by atoms with Crippen LogP contribution in [0.15, 0.2) is 182 Å². The van der Waals surface area contributed by atoms with Gasteiger partial charge in [0, 0.05) is 19.3 Å². The van der Waals surface area contributed by atoms with Crippen LogP contribution < -0.4 is 0 Å². The highest BCUT2D eigenvalue weighted by Crippen LogP contribution is 2.12. The number of allylic oxidation sites excluding steroid dienone is 30. The maximum Gasteiger partial charge on any atom is 0.306 e. The molecule has 0 amide bonds. The van der Waals surface area contributed by atoms with Crippen LogP contribution >= 0.6 is 0 Å². The van der Waals surface area contributed by atoms with E-state index in [1.54, 1.807) is 0 Å². The SMILES string of the molecule is CC/C=C\C/C=C\C/C=C\C/C=C\C/C=C\CCCCCC(=O)OCC(COC(=O)CCCCCCC\C=C/C=C\C=C/C=C\C=C/CCC)OC(=O)CCCCCCC\C=C/C=C\C=C/C=C\C=C/CCC. The predicted octanol–water partition coefficient (Wildman–Crippen LogP) is 19.3. The van der Waals surface area contributed by atoms with E-state index in [1.807, 2.05) is 72.9 Å². The van der Waals surface area contributed by atoms with Crippen LogP contribution in [-0.2, 0) is 28.6 Å². The molecule has 0 saturated carbocycles. The van der Waals surface area contributed by atoms with E-state index in [0.29, 0.717) is 12.8 Å². The van der Waals surface area contributed by atoms with Gasteiger partial charge in [0.15, 0.2) is 6.10 Å². The quantitative estimate of drug-likeness (QED) is 0.0199. The Labute approximate surface area is 446 Å². The van der Waals surface area contributed by atoms with E-state index in [0.717, 1.165) is 148 Å². The molecule has 73 heavy (non-hydrogen) atoms. The lowest BCUT2D eigenvalue weighted by Crippen LogP contribution is -2.30. The number of hydrogen-bond donors (Lipinski definition) is 0. The minimum Gasteiger partial charge on any atom is -0.462 e. The molecule has 6 heteroatoms. The molecule has 6 nitrogen and oxygen atoms in total. The van der Waals surface area contributed by atoms with Crippen molar-refractivity contribution in [2.45, 2.75) is 207 Å². The first-order valence-electron chi connectivity index (χ1n) is 28.4. The van der Waals surface area contributed by atoms with Crippen molar-refractivity contribution in [1.82, 2.24) is 0 Å². The van der Waals surface area contributed by atoms with Gasteiger partial charge in [-0.3, -0.25) is 14.4 Å². The van der Waals surface area contributed by atoms with Gasteiger partial charge >= 0.3 is 17.9 Å². The van der Waals surface area contributed by atoms with Crippen molar-refractivity contribution in [2.24, 2.45) is 0 Å². The molecule has 0 N–H and O–H groups in total. The fourth-order valence-corrected chi connectivity index (χ4v) is 6.88. The molecule has 0 aliphatic rings. The van der Waals surface area contributed by atoms with Crippen LogP contribution in [0.2, 0.25) is 0 Å². The molecule has 0 aliphatic heterocycles. The lowest BCUT2D eigenvalue weighted by atomic mass is 10.1. The summed E-state index contributed by atoms with van der Waals surface area (Å²) < 4.78 is 16.8. The Balaban J connectivity index is 4.62. The highest BCUT2D eigenvalue weighted by atomic mass is 16.6. The van der Waals surface area contributed by atoms with Crippen LogP contribution in [0.4, 0.5) is 0 Å². The maximum atomic E-state index is 12.9. The molecular weight excluding hydrogens is 901 g/mol. The normalized spacial score (nSPS) is 13.5. The van der Waals surface area contributed by atoms with Gasteiger partial charge in [-0.05, 0) is 103 Å². The standard InChI is InChI=1S/C67H100O6/c1-4-7-10-13-16-19-22-25-28-31-34-37-39-42-45-48-51-54-57-60-66(69)72-63-64(73-67(70)61-58-55-52-49-46-43-40-36-33-30-27-24-21-18-15-12-9-6-3)62-71-65(68)59-56-53-50-47-44-41-38-35-32-29-26-23-20-17-14-11-8-5-2/h7,10-12,14-21,23-30,32-38,40,42,45,64H,4-6,8-9,13,22,31,39,41,43-44,46-63H2,1-3H3/b10-7-,14-11-,15-12-,19-16-,20-17-,21-18-,26-23-,27-24-,28-25-,32-29-,33-30-,37-34-,38-35-,40-36-,45-42-. The van der Waals surface area contributed by atoms with Crippen LogP contribution in [0.25, 0.3) is 0 Å². The smallest absolute Gasteiger partial charge is 0.306 e. The highest BCUT2D eigenvalue weighted by Gasteiger charge is 2.19. The molecule has 1 atom stereocenters. The van der Waals surface area contributed by atoms with E-state index in [-0.39, 0.29) is 37.5 Å². The predicted molar refractivity (Wildman–Crippen MR) is 315 cm³/mol. The first kappa shape index (κ1) is 67.5. The van der Waals surface area contributed by atoms with Crippen molar-refractivity contribution in [3.8, 4) is 0 Å². The minimum absolute atomic E-state index is 0.123. The molecule has 0 radical (unpaired) electrons. The summed E-state index contributed by atoms with van der Waals surface area (Å²) in [6.07, 6.45) is 88.6. The van der Waals surface area contributed by atoms with Gasteiger partial charge in [-0.15, -0.1) is 0 Å². The molecule has 0 aliphatic carbocycles. The van der Waals surface area contributed by atoms with Gasteiger partial charge in [0.25, 0.3) is 0 Å². The van der Waals surface area contributed by atoms with Gasteiger partial charge in [0.05, 0.1) is 0 Å². The number of rotatable bonds is 48. The van der Waals surface area contributed by atoms with Gasteiger partial charge in [-0.1, -0.05) is 261 Å². The van der Waals surface area contributed by atoms with Crippen molar-refractivity contribution in [2.75, 3.05) is 13.2 Å². The monoisotopic (exact) mass is 1000 g/mol. The van der Waals surface area contributed by atoms with E-state index < -0.39 is 6.10 Å². The molecule has 0 heterocycles. The van der Waals surface area contributed by atoms with E-state index in [9.17, 15) is 14.4 Å². The van der Waals surface area contributed by atoms with Crippen LogP contribution in [0.1, 0.15) is 201 Å². The molecule has 1 unspecified atom stereocenters. The van der Waals surface area contributed by atoms with E-state index >= 15 is 0 Å². The molecule has 404 valence electrons. The second kappa shape index (κ2) is 59.1. The maximum absolute atomic E-state index is 12.9. The van der Waals surface area contributed by atoms with Crippen molar-refractivity contribution in [3.63, 3.8) is 0 Å². The number of unbranched alkanes of at least 4 members (excludes halogenated alkanes) is 15. The fraction of sp³-hybridized carbons (Fsp3) is 0.507. The van der Waals surface area contributed by atoms with E-state index in [4.69, 9.17) is 14.2 Å². The Bertz CT molecular complexity index is 1770. The summed E-state index contributed by atoms with van der Waals surface area (Å²) in [5, 5.41) is 0. The van der Waals surface area contributed by atoms with E-state index in [1.165, 1.54) is 12.8 Å². The number of carbonyl (C=O) groups is 3. The molecule has 0 aromatic heterocycles. The van der Waals surface area contributed by atoms with Gasteiger partial charge in [-0.25, -0.2) is 0 Å². The zero-order chi connectivity index (χ0) is 52.9. The molecular formula is C67H100O6.